The number of fused-ring (bicyclic) bond motifs is 2. The maximum absolute atomic E-state index is 13.3. The highest BCUT2D eigenvalue weighted by Crippen LogP contribution is 2.30. The van der Waals surface area contributed by atoms with Crippen molar-refractivity contribution in [3.05, 3.63) is 96.3 Å². The van der Waals surface area contributed by atoms with Gasteiger partial charge in [0, 0.05) is 6.20 Å². The molecule has 0 saturated carbocycles. The Morgan fingerprint density at radius 3 is 2.66 bits per heavy atom. The molecule has 2 heterocycles. The van der Waals surface area contributed by atoms with E-state index in [0.29, 0.717) is 17.4 Å². The maximum atomic E-state index is 13.3. The highest BCUT2D eigenvalue weighted by molar-refractivity contribution is 7.22. The van der Waals surface area contributed by atoms with Gasteiger partial charge in [0.1, 0.15) is 5.75 Å². The van der Waals surface area contributed by atoms with Gasteiger partial charge in [-0.05, 0) is 59.7 Å². The third-order valence-corrected chi connectivity index (χ3v) is 6.24. The summed E-state index contributed by atoms with van der Waals surface area (Å²) in [7, 11) is 0. The van der Waals surface area contributed by atoms with Gasteiger partial charge in [-0.25, -0.2) is 4.98 Å². The molecular weight excluding hydrogens is 418 g/mol. The van der Waals surface area contributed by atoms with Crippen LogP contribution in [-0.2, 0) is 11.3 Å². The smallest absolute Gasteiger partial charge is 0.267 e. The van der Waals surface area contributed by atoms with E-state index < -0.39 is 0 Å². The molecule has 6 heteroatoms. The van der Waals surface area contributed by atoms with Crippen molar-refractivity contribution >= 4 is 43.4 Å². The summed E-state index contributed by atoms with van der Waals surface area (Å²) < 4.78 is 6.92. The lowest BCUT2D eigenvalue weighted by molar-refractivity contribution is -0.120. The van der Waals surface area contributed by atoms with Crippen molar-refractivity contribution in [2.45, 2.75) is 13.5 Å². The Morgan fingerprint density at radius 1 is 0.969 bits per heavy atom. The molecule has 0 bridgehead atoms. The largest absolute Gasteiger partial charge is 0.484 e. The number of pyridine rings is 1. The van der Waals surface area contributed by atoms with Crippen molar-refractivity contribution in [2.24, 2.45) is 0 Å². The maximum Gasteiger partial charge on any atom is 0.267 e. The third-order valence-electron chi connectivity index (χ3n) is 5.19. The fraction of sp³-hybridized carbons (Fsp3) is 0.115. The average molecular weight is 440 g/mol. The molecule has 158 valence electrons. The summed E-state index contributed by atoms with van der Waals surface area (Å²) in [6.45, 7) is 2.30. The van der Waals surface area contributed by atoms with Crippen molar-refractivity contribution in [2.75, 3.05) is 11.5 Å². The SMILES string of the molecule is Cc1ccc2nc(N(Cc3ccccn3)C(=O)COc3ccc4ccccc4c3)sc2c1. The van der Waals surface area contributed by atoms with E-state index in [9.17, 15) is 4.79 Å². The predicted octanol–water partition coefficient (Wildman–Crippen LogP) is 5.77. The van der Waals surface area contributed by atoms with Crippen LogP contribution in [0.2, 0.25) is 0 Å². The zero-order valence-corrected chi connectivity index (χ0v) is 18.4. The fourth-order valence-electron chi connectivity index (χ4n) is 3.53. The number of aryl methyl sites for hydroxylation is 1. The molecule has 0 aliphatic carbocycles. The van der Waals surface area contributed by atoms with Crippen molar-refractivity contribution in [1.29, 1.82) is 0 Å². The Kier molecular flexibility index (Phi) is 5.52. The molecular formula is C26H21N3O2S. The number of hydrogen-bond acceptors (Lipinski definition) is 5. The molecule has 0 spiro atoms. The van der Waals surface area contributed by atoms with E-state index in [2.05, 4.69) is 11.1 Å². The molecule has 0 radical (unpaired) electrons. The number of carbonyl (C=O) groups is 1. The summed E-state index contributed by atoms with van der Waals surface area (Å²) >= 11 is 1.50. The van der Waals surface area contributed by atoms with Gasteiger partial charge in [-0.15, -0.1) is 0 Å². The topological polar surface area (TPSA) is 55.3 Å². The van der Waals surface area contributed by atoms with Crippen LogP contribution >= 0.6 is 11.3 Å². The van der Waals surface area contributed by atoms with E-state index >= 15 is 0 Å². The number of amides is 1. The number of hydrogen-bond donors (Lipinski definition) is 0. The number of thiazole rings is 1. The molecule has 0 atom stereocenters. The Hall–Kier alpha value is -3.77. The molecule has 0 aliphatic heterocycles. The lowest BCUT2D eigenvalue weighted by atomic mass is 10.1. The molecule has 3 aromatic carbocycles. The highest BCUT2D eigenvalue weighted by Gasteiger charge is 2.21. The lowest BCUT2D eigenvalue weighted by Gasteiger charge is -2.19. The Labute approximate surface area is 189 Å². The standard InChI is InChI=1S/C26H21N3O2S/c1-18-9-12-23-24(14-18)32-26(28-23)29(16-21-8-4-5-13-27-21)25(30)17-31-22-11-10-19-6-2-3-7-20(19)15-22/h2-15H,16-17H2,1H3. The van der Waals surface area contributed by atoms with Crippen LogP contribution in [0.15, 0.2) is 85.1 Å². The number of carbonyl (C=O) groups excluding carboxylic acids is 1. The molecule has 0 fully saturated rings. The summed E-state index contributed by atoms with van der Waals surface area (Å²) in [5.41, 5.74) is 2.84. The molecule has 5 nitrogen and oxygen atoms in total. The van der Waals surface area contributed by atoms with Crippen molar-refractivity contribution in [3.8, 4) is 5.75 Å². The van der Waals surface area contributed by atoms with Crippen molar-refractivity contribution < 1.29 is 9.53 Å². The van der Waals surface area contributed by atoms with Crippen molar-refractivity contribution in [1.82, 2.24) is 9.97 Å². The van der Waals surface area contributed by atoms with Gasteiger partial charge >= 0.3 is 0 Å². The van der Waals surface area contributed by atoms with E-state index in [1.54, 1.807) is 11.1 Å². The number of rotatable bonds is 6. The van der Waals surface area contributed by atoms with E-state index in [1.807, 2.05) is 79.7 Å². The summed E-state index contributed by atoms with van der Waals surface area (Å²) in [5.74, 6) is 0.495. The summed E-state index contributed by atoms with van der Waals surface area (Å²) in [4.78, 5) is 24.0. The number of benzene rings is 3. The summed E-state index contributed by atoms with van der Waals surface area (Å²) in [6, 6.07) is 25.7. The molecule has 1 amide bonds. The molecule has 2 aromatic heterocycles. The van der Waals surface area contributed by atoms with Gasteiger partial charge in [0.15, 0.2) is 11.7 Å². The average Bonchev–Trinajstić information content (AvgIpc) is 3.24. The molecule has 0 N–H and O–H groups in total. The third kappa shape index (κ3) is 4.31. The number of nitrogens with zero attached hydrogens (tertiary/aromatic N) is 3. The minimum atomic E-state index is -0.167. The van der Waals surface area contributed by atoms with Crippen LogP contribution in [-0.4, -0.2) is 22.5 Å². The van der Waals surface area contributed by atoms with Crippen LogP contribution in [0.3, 0.4) is 0 Å². The first-order chi connectivity index (χ1) is 15.7. The van der Waals surface area contributed by atoms with Gasteiger partial charge in [0.2, 0.25) is 0 Å². The van der Waals surface area contributed by atoms with Gasteiger partial charge < -0.3 is 4.74 Å². The zero-order valence-electron chi connectivity index (χ0n) is 17.6. The van der Waals surface area contributed by atoms with Crippen LogP contribution in [0.5, 0.6) is 5.75 Å². The first kappa shape index (κ1) is 20.2. The monoisotopic (exact) mass is 439 g/mol. The second kappa shape index (κ2) is 8.77. The first-order valence-electron chi connectivity index (χ1n) is 10.3. The van der Waals surface area contributed by atoms with Gasteiger partial charge in [-0.2, -0.15) is 0 Å². The molecule has 0 saturated heterocycles. The van der Waals surface area contributed by atoms with E-state index in [1.165, 1.54) is 11.3 Å². The van der Waals surface area contributed by atoms with Crippen LogP contribution in [0.4, 0.5) is 5.13 Å². The van der Waals surface area contributed by atoms with Gasteiger partial charge in [0.05, 0.1) is 22.5 Å². The molecule has 0 aliphatic rings. The van der Waals surface area contributed by atoms with Gasteiger partial charge in [-0.1, -0.05) is 53.8 Å². The van der Waals surface area contributed by atoms with Crippen LogP contribution in [0.1, 0.15) is 11.3 Å². The van der Waals surface area contributed by atoms with Crippen LogP contribution in [0.25, 0.3) is 21.0 Å². The summed E-state index contributed by atoms with van der Waals surface area (Å²) in [6.07, 6.45) is 1.73. The van der Waals surface area contributed by atoms with E-state index in [0.717, 1.165) is 32.2 Å². The number of ether oxygens (including phenoxy) is 1. The number of aromatic nitrogens is 2. The van der Waals surface area contributed by atoms with Crippen molar-refractivity contribution in [3.63, 3.8) is 0 Å². The van der Waals surface area contributed by atoms with Crippen LogP contribution in [0, 0.1) is 6.92 Å². The normalized spacial score (nSPS) is 11.0. The minimum absolute atomic E-state index is 0.0832. The molecule has 32 heavy (non-hydrogen) atoms. The molecule has 0 unspecified atom stereocenters. The second-order valence-electron chi connectivity index (χ2n) is 7.57. The Morgan fingerprint density at radius 2 is 1.81 bits per heavy atom. The Bertz CT molecular complexity index is 1400. The zero-order chi connectivity index (χ0) is 21.9. The lowest BCUT2D eigenvalue weighted by Crippen LogP contribution is -2.34. The van der Waals surface area contributed by atoms with E-state index in [-0.39, 0.29) is 12.5 Å². The van der Waals surface area contributed by atoms with E-state index in [4.69, 9.17) is 9.72 Å². The summed E-state index contributed by atoms with van der Waals surface area (Å²) in [5, 5.41) is 2.85. The first-order valence-corrected chi connectivity index (χ1v) is 11.2. The second-order valence-corrected chi connectivity index (χ2v) is 8.58. The highest BCUT2D eigenvalue weighted by atomic mass is 32.1. The van der Waals surface area contributed by atoms with Gasteiger partial charge in [0.25, 0.3) is 5.91 Å². The fourth-order valence-corrected chi connectivity index (χ4v) is 4.61. The minimum Gasteiger partial charge on any atom is -0.484 e. The Balaban J connectivity index is 1.41. The molecule has 5 aromatic rings. The molecule has 5 rings (SSSR count). The quantitative estimate of drug-likeness (QED) is 0.337. The predicted molar refractivity (Wildman–Crippen MR) is 129 cm³/mol. The number of anilines is 1. The van der Waals surface area contributed by atoms with Gasteiger partial charge in [-0.3, -0.25) is 14.7 Å². The van der Waals surface area contributed by atoms with Crippen LogP contribution < -0.4 is 9.64 Å².